The Bertz CT molecular complexity index is 990. The molecule has 2 heterocycles. The van der Waals surface area contributed by atoms with Crippen LogP contribution in [0.15, 0.2) is 12.2 Å². The van der Waals surface area contributed by atoms with Gasteiger partial charge in [-0.2, -0.15) is 0 Å². The fourth-order valence-electron chi connectivity index (χ4n) is 9.89. The number of hydrogen-bond acceptors (Lipinski definition) is 7. The van der Waals surface area contributed by atoms with Gasteiger partial charge in [-0.05, 0) is 87.2 Å². The van der Waals surface area contributed by atoms with Crippen molar-refractivity contribution in [1.82, 2.24) is 0 Å². The Morgan fingerprint density at radius 2 is 1.80 bits per heavy atom. The molecule has 0 aromatic heterocycles. The molecule has 0 radical (unpaired) electrons. The van der Waals surface area contributed by atoms with E-state index in [2.05, 4.69) is 6.92 Å². The number of cyclic esters (lactones) is 1. The summed E-state index contributed by atoms with van der Waals surface area (Å²) in [6.45, 7) is 9.77. The van der Waals surface area contributed by atoms with Crippen LogP contribution in [-0.4, -0.2) is 62.7 Å². The molecule has 35 heavy (non-hydrogen) atoms. The molecule has 4 aliphatic carbocycles. The number of carbonyl (C=O) groups is 2. The van der Waals surface area contributed by atoms with Gasteiger partial charge in [-0.15, -0.1) is 0 Å². The summed E-state index contributed by atoms with van der Waals surface area (Å²) in [5.74, 6) is -0.472. The summed E-state index contributed by atoms with van der Waals surface area (Å²) in [6, 6.07) is 0. The molecule has 3 N–H and O–H groups in total. The molecule has 5 unspecified atom stereocenters. The van der Waals surface area contributed by atoms with E-state index < -0.39 is 40.8 Å². The molecule has 2 aliphatic heterocycles. The maximum atomic E-state index is 13.3. The van der Waals surface area contributed by atoms with Gasteiger partial charge in [0.05, 0.1) is 23.5 Å². The van der Waals surface area contributed by atoms with Crippen LogP contribution in [0.4, 0.5) is 0 Å². The summed E-state index contributed by atoms with van der Waals surface area (Å²) < 4.78 is 11.9. The highest BCUT2D eigenvalue weighted by Gasteiger charge is 2.80. The van der Waals surface area contributed by atoms with Gasteiger partial charge in [-0.25, -0.2) is 0 Å². The van der Waals surface area contributed by atoms with Crippen LogP contribution in [0.3, 0.4) is 0 Å². The molecule has 5 fully saturated rings. The largest absolute Gasteiger partial charge is 0.459 e. The van der Waals surface area contributed by atoms with Crippen LogP contribution in [0.25, 0.3) is 0 Å². The van der Waals surface area contributed by atoms with E-state index in [1.54, 1.807) is 13.0 Å². The lowest BCUT2D eigenvalue weighted by Crippen LogP contribution is -2.64. The summed E-state index contributed by atoms with van der Waals surface area (Å²) in [6.07, 6.45) is 4.19. The zero-order valence-corrected chi connectivity index (χ0v) is 21.4. The minimum Gasteiger partial charge on any atom is -0.459 e. The first-order valence-electron chi connectivity index (χ1n) is 13.5. The number of aliphatic hydroxyl groups excluding tert-OH is 2. The average Bonchev–Trinajstić information content (AvgIpc) is 3.45. The van der Waals surface area contributed by atoms with Crippen molar-refractivity contribution in [1.29, 1.82) is 0 Å². The van der Waals surface area contributed by atoms with Crippen molar-refractivity contribution < 1.29 is 34.4 Å². The third-order valence-corrected chi connectivity index (χ3v) is 12.0. The highest BCUT2D eigenvalue weighted by atomic mass is 16.6. The van der Waals surface area contributed by atoms with E-state index in [0.717, 1.165) is 19.3 Å². The third-order valence-electron chi connectivity index (χ3n) is 12.0. The van der Waals surface area contributed by atoms with E-state index in [1.807, 2.05) is 20.8 Å². The minimum atomic E-state index is -1.36. The number of ether oxygens (including phenoxy) is 2. The quantitative estimate of drug-likeness (QED) is 0.404. The van der Waals surface area contributed by atoms with Crippen molar-refractivity contribution in [2.24, 2.45) is 46.3 Å². The molecule has 6 aliphatic rings. The van der Waals surface area contributed by atoms with Crippen molar-refractivity contribution in [2.75, 3.05) is 0 Å². The van der Waals surface area contributed by atoms with E-state index in [0.29, 0.717) is 12.8 Å². The Morgan fingerprint density at radius 3 is 2.49 bits per heavy atom. The number of hydrogen-bond donors (Lipinski definition) is 3. The van der Waals surface area contributed by atoms with Gasteiger partial charge in [0.1, 0.15) is 23.4 Å². The Hall–Kier alpha value is -1.28. The van der Waals surface area contributed by atoms with Crippen molar-refractivity contribution >= 4 is 11.8 Å². The van der Waals surface area contributed by atoms with Crippen LogP contribution in [0.2, 0.25) is 0 Å². The van der Waals surface area contributed by atoms with Crippen molar-refractivity contribution in [3.05, 3.63) is 12.2 Å². The molecule has 0 aromatic carbocycles. The van der Waals surface area contributed by atoms with E-state index >= 15 is 0 Å². The Labute approximate surface area is 207 Å². The molecule has 7 nitrogen and oxygen atoms in total. The average molecular weight is 489 g/mol. The van der Waals surface area contributed by atoms with Crippen LogP contribution in [-0.2, 0) is 19.1 Å². The predicted molar refractivity (Wildman–Crippen MR) is 126 cm³/mol. The third kappa shape index (κ3) is 2.76. The highest BCUT2D eigenvalue weighted by molar-refractivity contribution is 5.98. The van der Waals surface area contributed by atoms with Gasteiger partial charge >= 0.3 is 5.97 Å². The van der Waals surface area contributed by atoms with E-state index in [1.165, 1.54) is 6.08 Å². The SMILES string of the molecule is C[C@H]1CC([C@](C)(O)[C@H]2[C@@H](O)CC3C4C[C@H]5OC56[C@@H](O)C=CC(=O)[C@]6(C)C4CC[C@@]32C)OC(=O)[C@@H]1C. The number of carbonyl (C=O) groups excluding carboxylic acids is 2. The molecular formula is C28H40O7. The van der Waals surface area contributed by atoms with Crippen molar-refractivity contribution in [2.45, 2.75) is 102 Å². The fourth-order valence-corrected chi connectivity index (χ4v) is 9.89. The van der Waals surface area contributed by atoms with Crippen molar-refractivity contribution in [3.63, 3.8) is 0 Å². The normalized spacial score (nSPS) is 58.4. The Balaban J connectivity index is 1.33. The number of epoxide rings is 1. The Morgan fingerprint density at radius 1 is 1.09 bits per heavy atom. The zero-order valence-electron chi connectivity index (χ0n) is 21.4. The summed E-state index contributed by atoms with van der Waals surface area (Å²) in [5.41, 5.74) is -3.33. The summed E-state index contributed by atoms with van der Waals surface area (Å²) in [4.78, 5) is 25.8. The molecule has 3 saturated carbocycles. The lowest BCUT2D eigenvalue weighted by atomic mass is 9.44. The van der Waals surface area contributed by atoms with Gasteiger partial charge in [0.2, 0.25) is 0 Å². The second-order valence-electron chi connectivity index (χ2n) is 13.4. The number of allylic oxidation sites excluding steroid dienone is 1. The number of rotatable bonds is 2. The van der Waals surface area contributed by atoms with Crippen LogP contribution in [0, 0.1) is 46.3 Å². The van der Waals surface area contributed by atoms with E-state index in [4.69, 9.17) is 9.47 Å². The topological polar surface area (TPSA) is 117 Å². The van der Waals surface area contributed by atoms with Gasteiger partial charge in [0.25, 0.3) is 0 Å². The second-order valence-corrected chi connectivity index (χ2v) is 13.4. The standard InChI is InChI=1S/C28H40O7/c1-13-10-21(34-24(32)14(13)2)27(5,33)23-18(29)12-17-15-11-22-28(35-22)20(31)7-6-19(30)26(28,4)16(15)8-9-25(17,23)3/h6-7,13-18,20-23,29,31,33H,8-12H2,1-5H3/t13-,14+,15?,16?,17?,18-,20-,21?,22+,23-,25-,26-,27-,28?/m0/s1. The van der Waals surface area contributed by atoms with Gasteiger partial charge < -0.3 is 24.8 Å². The minimum absolute atomic E-state index is 0.0305. The number of ketones is 1. The summed E-state index contributed by atoms with van der Waals surface area (Å²) in [5, 5.41) is 34.2. The molecule has 0 amide bonds. The zero-order chi connectivity index (χ0) is 25.3. The maximum Gasteiger partial charge on any atom is 0.309 e. The van der Waals surface area contributed by atoms with Crippen LogP contribution in [0.1, 0.15) is 66.7 Å². The Kier molecular flexibility index (Phi) is 4.94. The molecule has 6 rings (SSSR count). The van der Waals surface area contributed by atoms with Gasteiger partial charge in [0.15, 0.2) is 5.78 Å². The summed E-state index contributed by atoms with van der Waals surface area (Å²) in [7, 11) is 0. The van der Waals surface area contributed by atoms with Crippen LogP contribution < -0.4 is 0 Å². The first-order valence-corrected chi connectivity index (χ1v) is 13.5. The number of esters is 1. The molecule has 1 spiro atoms. The molecule has 7 heteroatoms. The number of aliphatic hydroxyl groups is 3. The fraction of sp³-hybridized carbons (Fsp3) is 0.857. The smallest absolute Gasteiger partial charge is 0.309 e. The molecule has 14 atom stereocenters. The van der Waals surface area contributed by atoms with Gasteiger partial charge in [0, 0.05) is 5.92 Å². The summed E-state index contributed by atoms with van der Waals surface area (Å²) >= 11 is 0. The molecule has 0 bridgehead atoms. The highest BCUT2D eigenvalue weighted by Crippen LogP contribution is 2.73. The van der Waals surface area contributed by atoms with Crippen LogP contribution >= 0.6 is 0 Å². The first-order chi connectivity index (χ1) is 16.3. The predicted octanol–water partition coefficient (Wildman–Crippen LogP) is 2.40. The van der Waals surface area contributed by atoms with Gasteiger partial charge in [-0.3, -0.25) is 9.59 Å². The van der Waals surface area contributed by atoms with Gasteiger partial charge in [-0.1, -0.05) is 20.8 Å². The van der Waals surface area contributed by atoms with E-state index in [-0.39, 0.29) is 52.9 Å². The molecule has 194 valence electrons. The molecular weight excluding hydrogens is 448 g/mol. The molecule has 0 aromatic rings. The monoisotopic (exact) mass is 488 g/mol. The maximum absolute atomic E-state index is 13.3. The lowest BCUT2D eigenvalue weighted by molar-refractivity contribution is -0.209. The van der Waals surface area contributed by atoms with E-state index in [9.17, 15) is 24.9 Å². The molecule has 2 saturated heterocycles. The van der Waals surface area contributed by atoms with Crippen molar-refractivity contribution in [3.8, 4) is 0 Å². The first kappa shape index (κ1) is 24.1. The second kappa shape index (κ2) is 7.18. The van der Waals surface area contributed by atoms with Crippen LogP contribution in [0.5, 0.6) is 0 Å². The number of fused-ring (bicyclic) bond motifs is 4. The lowest BCUT2D eigenvalue weighted by Gasteiger charge is -2.59.